The van der Waals surface area contributed by atoms with E-state index in [1.807, 2.05) is 12.1 Å². The minimum atomic E-state index is -0.263. The molecule has 5 heteroatoms. The van der Waals surface area contributed by atoms with Gasteiger partial charge in [-0.15, -0.1) is 0 Å². The third-order valence-electron chi connectivity index (χ3n) is 7.31. The molecule has 1 spiro atoms. The van der Waals surface area contributed by atoms with E-state index in [0.29, 0.717) is 12.5 Å². The number of ether oxygens (including phenoxy) is 3. The predicted octanol–water partition coefficient (Wildman–Crippen LogP) is 5.76. The molecule has 1 atom stereocenters. The molecule has 2 heterocycles. The first kappa shape index (κ1) is 18.4. The van der Waals surface area contributed by atoms with Gasteiger partial charge in [-0.05, 0) is 61.8 Å². The molecule has 1 aromatic carbocycles. The van der Waals surface area contributed by atoms with Crippen molar-refractivity contribution in [3.63, 3.8) is 0 Å². The van der Waals surface area contributed by atoms with Crippen molar-refractivity contribution in [1.82, 2.24) is 0 Å². The average molecular weight is 395 g/mol. The first-order valence-electron chi connectivity index (χ1n) is 10.5. The molecule has 148 valence electrons. The van der Waals surface area contributed by atoms with Gasteiger partial charge in [0, 0.05) is 18.4 Å². The van der Waals surface area contributed by atoms with E-state index < -0.39 is 0 Å². The molecule has 0 radical (unpaired) electrons. The molecule has 0 amide bonds. The largest absolute Gasteiger partial charge is 0.368 e. The lowest BCUT2D eigenvalue weighted by Gasteiger charge is -2.41. The molecule has 5 rings (SSSR count). The summed E-state index contributed by atoms with van der Waals surface area (Å²) in [5, 5.41) is 0.270. The van der Waals surface area contributed by atoms with Crippen LogP contribution in [-0.4, -0.2) is 25.6 Å². The standard InChI is InChI=1S/C22H28ClFO3/c23-20-18(19-13-25-19)6-5-17(21(20)24)16-3-1-14(2-4-16)15-7-9-22(10-8-15)26-11-12-27-22/h5-6,14-16,19H,1-4,7-13H2. The SMILES string of the molecule is Fc1c(C2CCC(C3CCC4(CC3)OCCO4)CC2)ccc(C2CO2)c1Cl. The van der Waals surface area contributed by atoms with Gasteiger partial charge in [0.2, 0.25) is 0 Å². The fraction of sp³-hybridized carbons (Fsp3) is 0.727. The Labute approximate surface area is 165 Å². The summed E-state index contributed by atoms with van der Waals surface area (Å²) < 4.78 is 31.8. The number of hydrogen-bond donors (Lipinski definition) is 0. The maximum Gasteiger partial charge on any atom is 0.168 e. The molecule has 3 nitrogen and oxygen atoms in total. The third-order valence-corrected chi connectivity index (χ3v) is 7.69. The van der Waals surface area contributed by atoms with Crippen molar-refractivity contribution in [2.45, 2.75) is 69.2 Å². The van der Waals surface area contributed by atoms with Crippen LogP contribution in [0.3, 0.4) is 0 Å². The summed E-state index contributed by atoms with van der Waals surface area (Å²) in [5.41, 5.74) is 1.61. The summed E-state index contributed by atoms with van der Waals surface area (Å²) in [6.45, 7) is 2.15. The zero-order valence-corrected chi connectivity index (χ0v) is 16.5. The van der Waals surface area contributed by atoms with Crippen LogP contribution in [0.15, 0.2) is 12.1 Å². The minimum Gasteiger partial charge on any atom is -0.368 e. The molecular weight excluding hydrogens is 367 g/mol. The Morgan fingerprint density at radius 1 is 0.889 bits per heavy atom. The first-order chi connectivity index (χ1) is 13.2. The zero-order chi connectivity index (χ0) is 18.4. The Balaban J connectivity index is 1.19. The van der Waals surface area contributed by atoms with Gasteiger partial charge in [-0.1, -0.05) is 23.7 Å². The molecule has 2 saturated carbocycles. The van der Waals surface area contributed by atoms with Gasteiger partial charge < -0.3 is 14.2 Å². The van der Waals surface area contributed by atoms with E-state index in [-0.39, 0.29) is 22.7 Å². The van der Waals surface area contributed by atoms with Crippen LogP contribution in [0.4, 0.5) is 4.39 Å². The second-order valence-corrected chi connectivity index (χ2v) is 9.13. The molecule has 0 N–H and O–H groups in total. The fourth-order valence-corrected chi connectivity index (χ4v) is 5.90. The number of benzene rings is 1. The van der Waals surface area contributed by atoms with Crippen molar-refractivity contribution >= 4 is 11.6 Å². The second kappa shape index (κ2) is 7.29. The highest BCUT2D eigenvalue weighted by Gasteiger charge is 2.42. The molecule has 27 heavy (non-hydrogen) atoms. The van der Waals surface area contributed by atoms with E-state index in [2.05, 4.69) is 0 Å². The summed E-state index contributed by atoms with van der Waals surface area (Å²) in [4.78, 5) is 0. The number of halogens is 2. The smallest absolute Gasteiger partial charge is 0.168 e. The molecule has 4 fully saturated rings. The van der Waals surface area contributed by atoms with Gasteiger partial charge in [0.05, 0.1) is 24.8 Å². The Bertz CT molecular complexity index is 681. The highest BCUT2D eigenvalue weighted by Crippen LogP contribution is 2.47. The van der Waals surface area contributed by atoms with Gasteiger partial charge in [-0.3, -0.25) is 0 Å². The number of epoxide rings is 1. The summed E-state index contributed by atoms with van der Waals surface area (Å²) in [5.74, 6) is 1.35. The molecule has 2 aliphatic heterocycles. The third kappa shape index (κ3) is 3.55. The van der Waals surface area contributed by atoms with Crippen LogP contribution in [0.2, 0.25) is 5.02 Å². The van der Waals surface area contributed by atoms with E-state index in [9.17, 15) is 4.39 Å². The van der Waals surface area contributed by atoms with E-state index >= 15 is 0 Å². The van der Waals surface area contributed by atoms with E-state index in [0.717, 1.165) is 61.9 Å². The predicted molar refractivity (Wildman–Crippen MR) is 101 cm³/mol. The average Bonchev–Trinajstić information content (AvgIpc) is 3.45. The lowest BCUT2D eigenvalue weighted by Crippen LogP contribution is -2.37. The highest BCUT2D eigenvalue weighted by atomic mass is 35.5. The van der Waals surface area contributed by atoms with E-state index in [1.54, 1.807) is 0 Å². The fourth-order valence-electron chi connectivity index (χ4n) is 5.61. The van der Waals surface area contributed by atoms with Crippen molar-refractivity contribution in [3.05, 3.63) is 34.1 Å². The Morgan fingerprint density at radius 2 is 1.48 bits per heavy atom. The number of hydrogen-bond acceptors (Lipinski definition) is 3. The lowest BCUT2D eigenvalue weighted by atomic mass is 9.69. The summed E-state index contributed by atoms with van der Waals surface area (Å²) in [6, 6.07) is 3.91. The quantitative estimate of drug-likeness (QED) is 0.611. The van der Waals surface area contributed by atoms with Crippen LogP contribution < -0.4 is 0 Å². The van der Waals surface area contributed by atoms with Crippen molar-refractivity contribution in [2.75, 3.05) is 19.8 Å². The van der Waals surface area contributed by atoms with Crippen molar-refractivity contribution in [1.29, 1.82) is 0 Å². The van der Waals surface area contributed by atoms with Crippen LogP contribution in [0, 0.1) is 17.7 Å². The molecule has 1 unspecified atom stereocenters. The Hall–Kier alpha value is -0.680. The Kier molecular flexibility index (Phi) is 4.96. The zero-order valence-electron chi connectivity index (χ0n) is 15.7. The van der Waals surface area contributed by atoms with Gasteiger partial charge in [0.15, 0.2) is 5.79 Å². The van der Waals surface area contributed by atoms with Crippen LogP contribution in [0.5, 0.6) is 0 Å². The van der Waals surface area contributed by atoms with E-state index in [4.69, 9.17) is 25.8 Å². The summed E-state index contributed by atoms with van der Waals surface area (Å²) in [7, 11) is 0. The van der Waals surface area contributed by atoms with Gasteiger partial charge in [-0.25, -0.2) is 4.39 Å². The molecule has 2 aliphatic carbocycles. The van der Waals surface area contributed by atoms with Gasteiger partial charge >= 0.3 is 0 Å². The van der Waals surface area contributed by atoms with Crippen LogP contribution in [-0.2, 0) is 14.2 Å². The maximum absolute atomic E-state index is 14.8. The first-order valence-corrected chi connectivity index (χ1v) is 10.9. The molecule has 0 aromatic heterocycles. The van der Waals surface area contributed by atoms with E-state index in [1.165, 1.54) is 25.7 Å². The second-order valence-electron chi connectivity index (χ2n) is 8.75. The molecule has 2 saturated heterocycles. The van der Waals surface area contributed by atoms with Crippen molar-refractivity contribution in [2.24, 2.45) is 11.8 Å². The molecule has 4 aliphatic rings. The van der Waals surface area contributed by atoms with Crippen LogP contribution in [0.1, 0.15) is 74.5 Å². The topological polar surface area (TPSA) is 31.0 Å². The molecule has 1 aromatic rings. The van der Waals surface area contributed by atoms with Crippen LogP contribution >= 0.6 is 11.6 Å². The molecule has 0 bridgehead atoms. The highest BCUT2D eigenvalue weighted by molar-refractivity contribution is 6.31. The Morgan fingerprint density at radius 3 is 2.11 bits per heavy atom. The normalized spacial score (nSPS) is 33.5. The van der Waals surface area contributed by atoms with Crippen molar-refractivity contribution < 1.29 is 18.6 Å². The summed E-state index contributed by atoms with van der Waals surface area (Å²) >= 11 is 6.28. The van der Waals surface area contributed by atoms with Gasteiger partial charge in [0.1, 0.15) is 11.9 Å². The maximum atomic E-state index is 14.8. The van der Waals surface area contributed by atoms with Gasteiger partial charge in [-0.2, -0.15) is 0 Å². The number of rotatable bonds is 3. The molecular formula is C22H28ClFO3. The summed E-state index contributed by atoms with van der Waals surface area (Å²) in [6.07, 6.45) is 8.97. The van der Waals surface area contributed by atoms with Gasteiger partial charge in [0.25, 0.3) is 0 Å². The van der Waals surface area contributed by atoms with Crippen molar-refractivity contribution in [3.8, 4) is 0 Å². The monoisotopic (exact) mass is 394 g/mol. The minimum absolute atomic E-state index is 0.000733. The lowest BCUT2D eigenvalue weighted by molar-refractivity contribution is -0.185. The van der Waals surface area contributed by atoms with Crippen LogP contribution in [0.25, 0.3) is 0 Å².